The van der Waals surface area contributed by atoms with E-state index in [2.05, 4.69) is 106 Å². The quantitative estimate of drug-likeness (QED) is 0.0261. The topological polar surface area (TPSA) is 78.9 Å². The van der Waals surface area contributed by atoms with Crippen LogP contribution in [0.4, 0.5) is 0 Å². The number of carbonyl (C=O) groups is 3. The summed E-state index contributed by atoms with van der Waals surface area (Å²) in [5.74, 6) is -0.914. The fourth-order valence-corrected chi connectivity index (χ4v) is 8.88. The van der Waals surface area contributed by atoms with Crippen LogP contribution >= 0.6 is 0 Å². The van der Waals surface area contributed by atoms with Crippen molar-refractivity contribution >= 4 is 17.9 Å². The van der Waals surface area contributed by atoms with E-state index in [0.29, 0.717) is 19.3 Å². The molecular weight excluding hydrogens is 913 g/mol. The van der Waals surface area contributed by atoms with E-state index in [1.54, 1.807) is 0 Å². The minimum Gasteiger partial charge on any atom is -0.462 e. The Balaban J connectivity index is 4.18. The molecule has 6 nitrogen and oxygen atoms in total. The SMILES string of the molecule is CC/C=C\C/C=C\C/C=C\C/C=C\CCCCCCC(=O)OC(COC(=O)CCCCCCC/C=C\CCC)COC(=O)CCCCCCCCCCCCCCCCCCC/C=C\C/C=C\CCCCCCC. The van der Waals surface area contributed by atoms with Crippen molar-refractivity contribution in [1.29, 1.82) is 0 Å². The molecule has 0 fully saturated rings. The normalized spacial score (nSPS) is 12.6. The molecule has 0 heterocycles. The Bertz CT molecular complexity index is 1420. The minimum atomic E-state index is -0.792. The summed E-state index contributed by atoms with van der Waals surface area (Å²) in [5.41, 5.74) is 0. The molecule has 0 aromatic rings. The number of esters is 3. The molecule has 0 aromatic carbocycles. The van der Waals surface area contributed by atoms with Crippen molar-refractivity contribution in [3.05, 3.63) is 85.1 Å². The van der Waals surface area contributed by atoms with Crippen molar-refractivity contribution in [3.63, 3.8) is 0 Å². The average Bonchev–Trinajstić information content (AvgIpc) is 3.40. The van der Waals surface area contributed by atoms with E-state index in [0.717, 1.165) is 122 Å². The Morgan fingerprint density at radius 3 is 0.892 bits per heavy atom. The molecule has 0 rings (SSSR count). The maximum Gasteiger partial charge on any atom is 0.306 e. The summed E-state index contributed by atoms with van der Waals surface area (Å²) in [5, 5.41) is 0. The summed E-state index contributed by atoms with van der Waals surface area (Å²) < 4.78 is 16.8. The smallest absolute Gasteiger partial charge is 0.306 e. The zero-order valence-corrected chi connectivity index (χ0v) is 48.8. The molecule has 1 atom stereocenters. The molecule has 0 aliphatic rings. The standard InChI is InChI=1S/C68H118O6/c1-4-7-10-13-16-19-22-24-26-28-29-30-31-32-33-34-35-36-37-38-39-41-42-44-46-49-52-55-58-61-67(70)73-64-65(63-72-66(69)60-57-54-51-48-21-18-15-12-9-6-3)74-68(71)62-59-56-53-50-47-45-43-40-27-25-23-20-17-14-11-8-5-2/h8,11-12,15,17,20,22,24-25,27-29,43,45,65H,4-7,9-10,13-14,16,18-19,21,23,26,30-42,44,46-64H2,1-3H3/b11-8-,15-12-,20-17-,24-22-,27-25-,29-28-,45-43-. The number of hydrogen-bond donors (Lipinski definition) is 0. The number of unbranched alkanes of at least 4 members (excludes halogenated alkanes) is 32. The van der Waals surface area contributed by atoms with Crippen LogP contribution in [0.3, 0.4) is 0 Å². The maximum atomic E-state index is 12.9. The van der Waals surface area contributed by atoms with Gasteiger partial charge >= 0.3 is 17.9 Å². The number of rotatable bonds is 57. The van der Waals surface area contributed by atoms with Crippen LogP contribution in [-0.4, -0.2) is 37.2 Å². The molecule has 0 aliphatic carbocycles. The molecule has 6 heteroatoms. The van der Waals surface area contributed by atoms with Crippen LogP contribution in [0.5, 0.6) is 0 Å². The lowest BCUT2D eigenvalue weighted by Crippen LogP contribution is -2.30. The van der Waals surface area contributed by atoms with Gasteiger partial charge in [-0.3, -0.25) is 14.4 Å². The van der Waals surface area contributed by atoms with Gasteiger partial charge in [0.1, 0.15) is 13.2 Å². The Morgan fingerprint density at radius 1 is 0.284 bits per heavy atom. The zero-order valence-electron chi connectivity index (χ0n) is 48.8. The van der Waals surface area contributed by atoms with Gasteiger partial charge in [-0.15, -0.1) is 0 Å². The van der Waals surface area contributed by atoms with Crippen molar-refractivity contribution in [2.24, 2.45) is 0 Å². The fraction of sp³-hybridized carbons (Fsp3) is 0.750. The molecule has 0 bridgehead atoms. The van der Waals surface area contributed by atoms with Gasteiger partial charge in [0.25, 0.3) is 0 Å². The van der Waals surface area contributed by atoms with Crippen LogP contribution in [0.25, 0.3) is 0 Å². The monoisotopic (exact) mass is 1030 g/mol. The highest BCUT2D eigenvalue weighted by Gasteiger charge is 2.19. The molecule has 0 aliphatic heterocycles. The summed E-state index contributed by atoms with van der Waals surface area (Å²) >= 11 is 0. The van der Waals surface area contributed by atoms with Crippen LogP contribution in [-0.2, 0) is 28.6 Å². The van der Waals surface area contributed by atoms with Gasteiger partial charge in [0.2, 0.25) is 0 Å². The van der Waals surface area contributed by atoms with Crippen molar-refractivity contribution in [2.75, 3.05) is 13.2 Å². The van der Waals surface area contributed by atoms with E-state index >= 15 is 0 Å². The predicted octanol–water partition coefficient (Wildman–Crippen LogP) is 21.5. The lowest BCUT2D eigenvalue weighted by atomic mass is 10.0. The van der Waals surface area contributed by atoms with Crippen LogP contribution < -0.4 is 0 Å². The third kappa shape index (κ3) is 59.5. The first-order valence-electron chi connectivity index (χ1n) is 31.6. The summed E-state index contributed by atoms with van der Waals surface area (Å²) in [4.78, 5) is 38.1. The molecule has 0 N–H and O–H groups in total. The molecule has 0 aromatic heterocycles. The largest absolute Gasteiger partial charge is 0.462 e. The Morgan fingerprint density at radius 2 is 0.554 bits per heavy atom. The predicted molar refractivity (Wildman–Crippen MR) is 321 cm³/mol. The van der Waals surface area contributed by atoms with Gasteiger partial charge in [-0.05, 0) is 109 Å². The zero-order chi connectivity index (χ0) is 53.6. The van der Waals surface area contributed by atoms with Gasteiger partial charge in [0.15, 0.2) is 6.10 Å². The second-order valence-electron chi connectivity index (χ2n) is 20.9. The number of allylic oxidation sites excluding steroid dienone is 14. The van der Waals surface area contributed by atoms with Crippen molar-refractivity contribution in [3.8, 4) is 0 Å². The van der Waals surface area contributed by atoms with E-state index in [1.165, 1.54) is 148 Å². The molecule has 426 valence electrons. The lowest BCUT2D eigenvalue weighted by Gasteiger charge is -2.18. The summed E-state index contributed by atoms with van der Waals surface area (Å²) in [6.07, 6.45) is 81.8. The van der Waals surface area contributed by atoms with Gasteiger partial charge in [0.05, 0.1) is 0 Å². The van der Waals surface area contributed by atoms with E-state index in [1.807, 2.05) is 0 Å². The second-order valence-corrected chi connectivity index (χ2v) is 20.9. The third-order valence-electron chi connectivity index (χ3n) is 13.6. The first-order chi connectivity index (χ1) is 36.5. The summed E-state index contributed by atoms with van der Waals surface area (Å²) in [6, 6.07) is 0. The van der Waals surface area contributed by atoms with Gasteiger partial charge in [0, 0.05) is 19.3 Å². The average molecular weight is 1030 g/mol. The molecule has 0 radical (unpaired) electrons. The van der Waals surface area contributed by atoms with Gasteiger partial charge in [-0.1, -0.05) is 266 Å². The molecular formula is C68H118O6. The van der Waals surface area contributed by atoms with E-state index in [-0.39, 0.29) is 31.1 Å². The maximum absolute atomic E-state index is 12.9. The van der Waals surface area contributed by atoms with Crippen LogP contribution in [0.1, 0.15) is 310 Å². The first kappa shape index (κ1) is 70.6. The van der Waals surface area contributed by atoms with Crippen LogP contribution in [0.15, 0.2) is 85.1 Å². The Kier molecular flexibility index (Phi) is 59.3. The van der Waals surface area contributed by atoms with Crippen molar-refractivity contribution in [2.45, 2.75) is 316 Å². The van der Waals surface area contributed by atoms with Gasteiger partial charge in [-0.25, -0.2) is 0 Å². The van der Waals surface area contributed by atoms with Crippen molar-refractivity contribution in [1.82, 2.24) is 0 Å². The van der Waals surface area contributed by atoms with Gasteiger partial charge in [-0.2, -0.15) is 0 Å². The molecule has 74 heavy (non-hydrogen) atoms. The lowest BCUT2D eigenvalue weighted by molar-refractivity contribution is -0.167. The molecule has 1 unspecified atom stereocenters. The number of carbonyl (C=O) groups excluding carboxylic acids is 3. The van der Waals surface area contributed by atoms with Crippen LogP contribution in [0, 0.1) is 0 Å². The minimum absolute atomic E-state index is 0.0876. The Hall–Kier alpha value is -3.41. The highest BCUT2D eigenvalue weighted by Crippen LogP contribution is 2.16. The summed E-state index contributed by atoms with van der Waals surface area (Å²) in [7, 11) is 0. The molecule has 0 saturated carbocycles. The highest BCUT2D eigenvalue weighted by molar-refractivity contribution is 5.71. The highest BCUT2D eigenvalue weighted by atomic mass is 16.6. The van der Waals surface area contributed by atoms with E-state index < -0.39 is 6.10 Å². The first-order valence-corrected chi connectivity index (χ1v) is 31.6. The number of hydrogen-bond acceptors (Lipinski definition) is 6. The third-order valence-corrected chi connectivity index (χ3v) is 13.6. The molecule has 0 amide bonds. The molecule has 0 spiro atoms. The molecule has 0 saturated heterocycles. The van der Waals surface area contributed by atoms with E-state index in [4.69, 9.17) is 14.2 Å². The van der Waals surface area contributed by atoms with E-state index in [9.17, 15) is 14.4 Å². The van der Waals surface area contributed by atoms with Crippen LogP contribution in [0.2, 0.25) is 0 Å². The summed E-state index contributed by atoms with van der Waals surface area (Å²) in [6.45, 7) is 6.45. The van der Waals surface area contributed by atoms with Gasteiger partial charge < -0.3 is 14.2 Å². The Labute approximate surface area is 458 Å². The van der Waals surface area contributed by atoms with Crippen molar-refractivity contribution < 1.29 is 28.6 Å². The number of ether oxygens (including phenoxy) is 3. The fourth-order valence-electron chi connectivity index (χ4n) is 8.88. The second kappa shape index (κ2) is 62.1.